The number of nitrogens with one attached hydrogen (secondary N) is 3. The molecule has 0 aromatic rings. The molecular weight excluding hydrogens is 1180 g/mol. The van der Waals surface area contributed by atoms with E-state index in [1.165, 1.54) is 106 Å². The molecule has 469 valence electrons. The van der Waals surface area contributed by atoms with Gasteiger partial charge in [0.05, 0.1) is 12.5 Å². The van der Waals surface area contributed by atoms with Crippen molar-refractivity contribution >= 4 is 65.4 Å². The topological polar surface area (TPSA) is 247 Å². The molecule has 0 rings (SSSR count). The first-order valence-electron chi connectivity index (χ1n) is 28.4. The van der Waals surface area contributed by atoms with Gasteiger partial charge in [-0.25, -0.2) is 0 Å². The van der Waals surface area contributed by atoms with Crippen LogP contribution in [0.2, 0.25) is 0 Å². The second-order valence-electron chi connectivity index (χ2n) is 23.6. The largest absolute Gasteiger partial charge is 2.00 e. The van der Waals surface area contributed by atoms with E-state index in [1.54, 1.807) is 41.0 Å². The van der Waals surface area contributed by atoms with Gasteiger partial charge in [-0.15, -0.1) is 0 Å². The van der Waals surface area contributed by atoms with E-state index in [2.05, 4.69) is 16.0 Å². The van der Waals surface area contributed by atoms with E-state index < -0.39 is 113 Å². The van der Waals surface area contributed by atoms with Crippen LogP contribution in [0.3, 0.4) is 0 Å². The Labute approximate surface area is 517 Å². The van der Waals surface area contributed by atoms with Crippen molar-refractivity contribution in [3.63, 3.8) is 0 Å². The fourth-order valence-electron chi connectivity index (χ4n) is 9.17. The zero-order chi connectivity index (χ0) is 62.4. The molecule has 0 fully saturated rings. The summed E-state index contributed by atoms with van der Waals surface area (Å²) in [5.74, 6) is -6.63. The number of likely N-dealkylation sites (N-methyl/N-ethyl adjacent to an activating group) is 7. The molecular formula is C59H103MnMoN10O11-. The Morgan fingerprint density at radius 2 is 0.988 bits per heavy atom. The van der Waals surface area contributed by atoms with E-state index in [1.807, 2.05) is 73.8 Å². The minimum atomic E-state index is -1.21. The average Bonchev–Trinajstić information content (AvgIpc) is 3.38. The smallest absolute Gasteiger partial charge is 0.542 e. The van der Waals surface area contributed by atoms with Crippen molar-refractivity contribution in [1.82, 2.24) is 50.2 Å². The number of nitrogens with zero attached hydrogens (tertiary/aromatic N) is 7. The van der Waals surface area contributed by atoms with Crippen LogP contribution in [-0.4, -0.2) is 210 Å². The summed E-state index contributed by atoms with van der Waals surface area (Å²) in [5.41, 5.74) is 0. The number of hydrogen-bond donors (Lipinski definition) is 3. The van der Waals surface area contributed by atoms with E-state index in [-0.39, 0.29) is 99.4 Å². The molecule has 0 heterocycles. The van der Waals surface area contributed by atoms with Gasteiger partial charge >= 0.3 is 17.1 Å². The van der Waals surface area contributed by atoms with Crippen molar-refractivity contribution in [2.75, 3.05) is 55.9 Å². The molecule has 10 amide bonds. The summed E-state index contributed by atoms with van der Waals surface area (Å²) >= 11 is 0. The zero-order valence-electron chi connectivity index (χ0n) is 53.6. The number of carbonyl (C=O) groups excluding carboxylic acids is 11. The number of carbonyl (C=O) groups is 10. The summed E-state index contributed by atoms with van der Waals surface area (Å²) in [5, 5.41) is 8.15. The first-order chi connectivity index (χ1) is 36.9. The van der Waals surface area contributed by atoms with Crippen LogP contribution in [0.4, 0.5) is 0 Å². The van der Waals surface area contributed by atoms with Gasteiger partial charge in [-0.2, -0.15) is 18.4 Å². The van der Waals surface area contributed by atoms with Gasteiger partial charge in [0.15, 0.2) is 0 Å². The molecule has 82 heavy (non-hydrogen) atoms. The third kappa shape index (κ3) is 25.2. The molecule has 0 aliphatic heterocycles. The van der Waals surface area contributed by atoms with Crippen LogP contribution < -0.4 is 16.0 Å². The van der Waals surface area contributed by atoms with Crippen molar-refractivity contribution in [2.45, 2.75) is 197 Å². The van der Waals surface area contributed by atoms with Crippen LogP contribution in [0.25, 0.3) is 0 Å². The third-order valence-electron chi connectivity index (χ3n) is 14.4. The molecule has 10 atom stereocenters. The molecule has 0 saturated heterocycles. The molecule has 0 aliphatic carbocycles. The van der Waals surface area contributed by atoms with Crippen LogP contribution in [0.5, 0.6) is 0 Å². The number of rotatable bonds is 34. The maximum atomic E-state index is 14.5. The van der Waals surface area contributed by atoms with Crippen molar-refractivity contribution < 1.29 is 90.9 Å². The van der Waals surface area contributed by atoms with E-state index in [9.17, 15) is 52.7 Å². The summed E-state index contributed by atoms with van der Waals surface area (Å²) in [4.78, 5) is 160. The molecule has 21 nitrogen and oxygen atoms in total. The number of amides is 10. The van der Waals surface area contributed by atoms with Crippen LogP contribution in [0.1, 0.15) is 143 Å². The predicted octanol–water partition coefficient (Wildman–Crippen LogP) is 3.90. The Balaban J connectivity index is -0.0000312. The van der Waals surface area contributed by atoms with E-state index in [4.69, 9.17) is 0 Å². The summed E-state index contributed by atoms with van der Waals surface area (Å²) in [6.07, 6.45) is 10.8. The summed E-state index contributed by atoms with van der Waals surface area (Å²) < 4.78 is 0. The Morgan fingerprint density at radius 1 is 0.524 bits per heavy atom. The molecule has 0 aromatic carbocycles. The Bertz CT molecular complexity index is 2130. The molecule has 3 N–H and O–H groups in total. The van der Waals surface area contributed by atoms with E-state index in [0.29, 0.717) is 12.8 Å². The SMILES string of the molecule is C/C=C/C[C@@H](C)[CH-][C@@H]([C-]=O)N(C)C(=O)[C@H](C(C)C)N(C)C(=O)[C@H](CC(C)C)N(C)C(=O)[C@H](C)N(C)C(=O)[C@@H](C)NC(=O)C(C)NC(=O)[C@H](CC(C)C)N(C)C(=O)[C@@H](NC(=O)[C@H](CC(C)C)N(C)C(=O)CN(C)C(=O)[CH-]CC)C(C)C.[Mn+2].[Mo]. The minimum Gasteiger partial charge on any atom is -0.542 e. The Morgan fingerprint density at radius 3 is 1.44 bits per heavy atom. The van der Waals surface area contributed by atoms with Crippen LogP contribution in [0.15, 0.2) is 12.2 Å². The van der Waals surface area contributed by atoms with Gasteiger partial charge in [0.2, 0.25) is 53.2 Å². The van der Waals surface area contributed by atoms with Crippen LogP contribution >= 0.6 is 0 Å². The van der Waals surface area contributed by atoms with Crippen molar-refractivity contribution in [3.8, 4) is 0 Å². The minimum absolute atomic E-state index is 0. The maximum Gasteiger partial charge on any atom is 2.00 e. The Kier molecular flexibility index (Phi) is 38.6. The van der Waals surface area contributed by atoms with Gasteiger partial charge in [0, 0.05) is 70.4 Å². The van der Waals surface area contributed by atoms with Gasteiger partial charge in [0.25, 0.3) is 0 Å². The monoisotopic (exact) mass is 1280 g/mol. The molecule has 0 aliphatic rings. The quantitative estimate of drug-likeness (QED) is 0.0474. The average molecular weight is 1280 g/mol. The van der Waals surface area contributed by atoms with Gasteiger partial charge in [-0.1, -0.05) is 102 Å². The van der Waals surface area contributed by atoms with E-state index >= 15 is 0 Å². The van der Waals surface area contributed by atoms with Gasteiger partial charge in [0.1, 0.15) is 48.3 Å². The summed E-state index contributed by atoms with van der Waals surface area (Å²) in [6.45, 7) is 28.1. The molecule has 0 saturated carbocycles. The fraction of sp³-hybridized carbons (Fsp3) is 0.746. The van der Waals surface area contributed by atoms with E-state index in [0.717, 1.165) is 4.90 Å². The van der Waals surface area contributed by atoms with Gasteiger partial charge < -0.3 is 72.7 Å². The standard InChI is InChI=1S/C59H103N10O11.Mn.Mo/c1-24-26-28-40(13)32-44(34-70)65(19)59(80)51(39(11)12)69(23)57(78)47(31-37(7)8)68(22)56(77)43(16)64(18)55(76)42(15)61-52(73)41(14)60-53(74)46(30-36(5)6)67(21)58(79)50(38(9)10)62-54(75)45(29-35(3)4)66(20)49(72)33-63(17)48(71)27-25-2;;/h24,26-27,32,35-47,50-51H,25,28-31,33H2,1-23H3,(H,60,74)(H,61,73)(H,62,75);;/q-3;+2;/b26-24+;;/t40-,41?,42-,43+,44+,45+,46+,47+,50+,51+;;/m1../s1. The molecule has 0 bridgehead atoms. The van der Waals surface area contributed by atoms with Crippen molar-refractivity contribution in [1.29, 1.82) is 0 Å². The molecule has 1 radical (unpaired) electrons. The Hall–Kier alpha value is -4.81. The van der Waals surface area contributed by atoms with Crippen molar-refractivity contribution in [2.24, 2.45) is 35.5 Å². The zero-order valence-corrected chi connectivity index (χ0v) is 56.8. The van der Waals surface area contributed by atoms with Gasteiger partial charge in [-0.05, 0) is 76.5 Å². The van der Waals surface area contributed by atoms with Crippen LogP contribution in [0, 0.1) is 48.3 Å². The molecule has 0 spiro atoms. The molecule has 0 aromatic heterocycles. The molecule has 1 unspecified atom stereocenters. The number of allylic oxidation sites excluding steroid dienone is 2. The first kappa shape index (κ1) is 81.4. The second kappa shape index (κ2) is 38.9. The van der Waals surface area contributed by atoms with Crippen LogP contribution in [-0.2, 0) is 90.9 Å². The molecule has 23 heteroatoms. The van der Waals surface area contributed by atoms with Gasteiger partial charge in [-0.3, -0.25) is 49.4 Å². The first-order valence-corrected chi connectivity index (χ1v) is 28.4. The second-order valence-corrected chi connectivity index (χ2v) is 23.6. The predicted molar refractivity (Wildman–Crippen MR) is 311 cm³/mol. The van der Waals surface area contributed by atoms with Crippen molar-refractivity contribution in [3.05, 3.63) is 25.0 Å². The number of hydrogen-bond acceptors (Lipinski definition) is 11. The fourth-order valence-corrected chi connectivity index (χ4v) is 9.17. The maximum absolute atomic E-state index is 14.5. The normalized spacial score (nSPS) is 15.0. The summed E-state index contributed by atoms with van der Waals surface area (Å²) in [6, 6.07) is -9.73. The third-order valence-corrected chi connectivity index (χ3v) is 14.4. The summed E-state index contributed by atoms with van der Waals surface area (Å²) in [7, 11) is 10.3.